The van der Waals surface area contributed by atoms with Gasteiger partial charge in [-0.3, -0.25) is 0 Å². The topological polar surface area (TPSA) is 0 Å². The molecular formula is C9H24. The highest BCUT2D eigenvalue weighted by molar-refractivity contribution is 4.32. The summed E-state index contributed by atoms with van der Waals surface area (Å²) in [5.74, 6) is 0.884. The van der Waals surface area contributed by atoms with E-state index in [2.05, 4.69) is 34.6 Å². The molecule has 0 aromatic heterocycles. The highest BCUT2D eigenvalue weighted by atomic mass is 13.9. The average molecular weight is 132 g/mol. The molecule has 9 heavy (non-hydrogen) atoms. The Balaban J connectivity index is -0.0000000800. The van der Waals surface area contributed by atoms with Crippen LogP contribution in [0.4, 0.5) is 0 Å². The van der Waals surface area contributed by atoms with E-state index in [1.165, 1.54) is 12.8 Å². The molecule has 0 aromatic carbocycles. The summed E-state index contributed by atoms with van der Waals surface area (Å²) in [6.45, 7) is 10.9. The Bertz CT molecular complexity index is 21.2. The van der Waals surface area contributed by atoms with Crippen LogP contribution in [0.5, 0.6) is 0 Å². The summed E-state index contributed by atoms with van der Waals surface area (Å²) in [5.41, 5.74) is 0. The predicted molar refractivity (Wildman–Crippen MR) is 47.8 cm³/mol. The third kappa shape index (κ3) is 72.0. The number of hydrogen-bond donors (Lipinski definition) is 0. The zero-order valence-electron chi connectivity index (χ0n) is 6.99. The van der Waals surface area contributed by atoms with Gasteiger partial charge in [0.15, 0.2) is 0 Å². The smallest absolute Gasteiger partial charge is 0.0474 e. The molecule has 0 aromatic rings. The minimum absolute atomic E-state index is 0. The molecule has 0 rings (SSSR count). The quantitative estimate of drug-likeness (QED) is 0.504. The molecular weight excluding hydrogens is 108 g/mol. The Kier molecular flexibility index (Phi) is 27.9. The molecule has 0 amide bonds. The average Bonchev–Trinajstić information content (AvgIpc) is 1.69. The monoisotopic (exact) mass is 132 g/mol. The molecule has 0 fully saturated rings. The van der Waals surface area contributed by atoms with Crippen molar-refractivity contribution in [2.75, 3.05) is 0 Å². The maximum Gasteiger partial charge on any atom is -0.0474 e. The Morgan fingerprint density at radius 2 is 1.11 bits per heavy atom. The first-order valence-electron chi connectivity index (χ1n) is 3.68. The zero-order chi connectivity index (χ0) is 6.99. The third-order valence-corrected chi connectivity index (χ3v) is 0.816. The minimum atomic E-state index is 0. The Morgan fingerprint density at radius 3 is 1.11 bits per heavy atom. The van der Waals surface area contributed by atoms with Crippen LogP contribution in [-0.4, -0.2) is 0 Å². The minimum Gasteiger partial charge on any atom is -0.0776 e. The van der Waals surface area contributed by atoms with Crippen molar-refractivity contribution in [3.05, 3.63) is 0 Å². The molecule has 0 atom stereocenters. The second kappa shape index (κ2) is 15.7. The largest absolute Gasteiger partial charge is 0.0776 e. The summed E-state index contributed by atoms with van der Waals surface area (Å²) in [6.07, 6.45) is 2.56. The zero-order valence-corrected chi connectivity index (χ0v) is 6.99. The van der Waals surface area contributed by atoms with Crippen LogP contribution in [0.25, 0.3) is 0 Å². The second-order valence-electron chi connectivity index (χ2n) is 2.51. The summed E-state index contributed by atoms with van der Waals surface area (Å²) in [7, 11) is 0. The normalized spacial score (nSPS) is 7.33. The van der Waals surface area contributed by atoms with Crippen LogP contribution in [-0.2, 0) is 0 Å². The van der Waals surface area contributed by atoms with E-state index in [-0.39, 0.29) is 7.43 Å². The first kappa shape index (κ1) is 16.0. The maximum atomic E-state index is 2.22. The lowest BCUT2D eigenvalue weighted by molar-refractivity contribution is 0.626. The predicted octanol–water partition coefficient (Wildman–Crippen LogP) is 4.10. The highest BCUT2D eigenvalue weighted by Crippen LogP contribution is 1.93. The van der Waals surface area contributed by atoms with Gasteiger partial charge in [0.2, 0.25) is 0 Å². The van der Waals surface area contributed by atoms with Crippen LogP contribution in [0.3, 0.4) is 0 Å². The first-order chi connectivity index (χ1) is 3.68. The fourth-order valence-electron chi connectivity index (χ4n) is 0. The molecule has 0 aliphatic heterocycles. The molecule has 0 spiro atoms. The summed E-state index contributed by atoms with van der Waals surface area (Å²) < 4.78 is 0. The lowest BCUT2D eigenvalue weighted by atomic mass is 10.2. The van der Waals surface area contributed by atoms with Crippen molar-refractivity contribution in [2.45, 2.75) is 54.9 Å². The van der Waals surface area contributed by atoms with Gasteiger partial charge in [-0.1, -0.05) is 54.9 Å². The molecule has 60 valence electrons. The van der Waals surface area contributed by atoms with Gasteiger partial charge in [-0.2, -0.15) is 0 Å². The van der Waals surface area contributed by atoms with Gasteiger partial charge in [0, 0.05) is 0 Å². The number of hydrogen-bond acceptors (Lipinski definition) is 0. The van der Waals surface area contributed by atoms with E-state index in [1.54, 1.807) is 0 Å². The Labute approximate surface area is 61.7 Å². The van der Waals surface area contributed by atoms with Crippen molar-refractivity contribution in [1.29, 1.82) is 0 Å². The van der Waals surface area contributed by atoms with E-state index in [1.807, 2.05) is 0 Å². The lowest BCUT2D eigenvalue weighted by Gasteiger charge is -1.90. The molecule has 0 saturated carbocycles. The van der Waals surface area contributed by atoms with Crippen LogP contribution in [0, 0.1) is 5.92 Å². The van der Waals surface area contributed by atoms with Gasteiger partial charge < -0.3 is 0 Å². The van der Waals surface area contributed by atoms with Crippen LogP contribution in [0.2, 0.25) is 0 Å². The van der Waals surface area contributed by atoms with Crippen molar-refractivity contribution in [2.24, 2.45) is 5.92 Å². The van der Waals surface area contributed by atoms with Gasteiger partial charge in [0.1, 0.15) is 0 Å². The molecule has 0 radical (unpaired) electrons. The fourth-order valence-corrected chi connectivity index (χ4v) is 0. The van der Waals surface area contributed by atoms with E-state index in [4.69, 9.17) is 0 Å². The third-order valence-electron chi connectivity index (χ3n) is 0.816. The summed E-state index contributed by atoms with van der Waals surface area (Å²) in [4.78, 5) is 0. The fraction of sp³-hybridized carbons (Fsp3) is 1.00. The molecule has 0 saturated heterocycles. The van der Waals surface area contributed by atoms with E-state index in [0.717, 1.165) is 5.92 Å². The van der Waals surface area contributed by atoms with Crippen molar-refractivity contribution in [3.63, 3.8) is 0 Å². The molecule has 0 aliphatic carbocycles. The van der Waals surface area contributed by atoms with Crippen LogP contribution >= 0.6 is 0 Å². The van der Waals surface area contributed by atoms with Crippen LogP contribution in [0.15, 0.2) is 0 Å². The molecule has 0 heterocycles. The molecule has 0 aliphatic rings. The highest BCUT2D eigenvalue weighted by Gasteiger charge is 1.80. The lowest BCUT2D eigenvalue weighted by Crippen LogP contribution is -1.77. The van der Waals surface area contributed by atoms with Gasteiger partial charge >= 0.3 is 0 Å². The van der Waals surface area contributed by atoms with Crippen molar-refractivity contribution >= 4 is 0 Å². The summed E-state index contributed by atoms with van der Waals surface area (Å²) in [6, 6.07) is 0. The van der Waals surface area contributed by atoms with Crippen LogP contribution < -0.4 is 0 Å². The maximum absolute atomic E-state index is 2.22. The first-order valence-corrected chi connectivity index (χ1v) is 3.68. The molecule has 0 N–H and O–H groups in total. The van der Waals surface area contributed by atoms with E-state index >= 15 is 0 Å². The summed E-state index contributed by atoms with van der Waals surface area (Å²) in [5, 5.41) is 0. The van der Waals surface area contributed by atoms with Gasteiger partial charge in [-0.05, 0) is 5.92 Å². The van der Waals surface area contributed by atoms with Crippen molar-refractivity contribution < 1.29 is 0 Å². The van der Waals surface area contributed by atoms with Gasteiger partial charge in [0.05, 0.1) is 0 Å². The van der Waals surface area contributed by atoms with E-state index < -0.39 is 0 Å². The number of rotatable bonds is 1. The molecule has 0 heteroatoms. The van der Waals surface area contributed by atoms with Crippen molar-refractivity contribution in [1.82, 2.24) is 0 Å². The van der Waals surface area contributed by atoms with Gasteiger partial charge in [0.25, 0.3) is 0 Å². The van der Waals surface area contributed by atoms with E-state index in [9.17, 15) is 0 Å². The molecule has 0 nitrogen and oxygen atoms in total. The summed E-state index contributed by atoms with van der Waals surface area (Å²) >= 11 is 0. The van der Waals surface area contributed by atoms with Crippen LogP contribution in [0.1, 0.15) is 54.9 Å². The van der Waals surface area contributed by atoms with E-state index in [0.29, 0.717) is 0 Å². The Morgan fingerprint density at radius 1 is 1.00 bits per heavy atom. The second-order valence-corrected chi connectivity index (χ2v) is 2.51. The SMILES string of the molecule is C.CCC.CCC(C)C. The van der Waals surface area contributed by atoms with Crippen molar-refractivity contribution in [3.8, 4) is 0 Å². The van der Waals surface area contributed by atoms with Gasteiger partial charge in [-0.15, -0.1) is 0 Å². The molecule has 0 bridgehead atoms. The van der Waals surface area contributed by atoms with Gasteiger partial charge in [-0.25, -0.2) is 0 Å². The molecule has 0 unspecified atom stereocenters. The standard InChI is InChI=1S/C5H12.C3H8.CH4/c1-4-5(2)3;1-3-2;/h5H,4H2,1-3H3;3H2,1-2H3;1H4. The Hall–Kier alpha value is 0.